The third kappa shape index (κ3) is 4.58. The number of nitrogens with zero attached hydrogens (tertiary/aromatic N) is 1. The van der Waals surface area contributed by atoms with Crippen LogP contribution in [0.1, 0.15) is 46.5 Å². The summed E-state index contributed by atoms with van der Waals surface area (Å²) in [6.07, 6.45) is 4.46. The zero-order valence-electron chi connectivity index (χ0n) is 12.9. The molecule has 0 atom stereocenters. The van der Waals surface area contributed by atoms with Gasteiger partial charge < -0.3 is 15.4 Å². The molecule has 3 nitrogen and oxygen atoms in total. The van der Waals surface area contributed by atoms with E-state index in [-0.39, 0.29) is 11.6 Å². The summed E-state index contributed by atoms with van der Waals surface area (Å²) in [5, 5.41) is 0. The highest BCUT2D eigenvalue weighted by Crippen LogP contribution is 2.31. The Morgan fingerprint density at radius 3 is 2.20 bits per heavy atom. The first-order valence-electron chi connectivity index (χ1n) is 7.60. The van der Waals surface area contributed by atoms with Gasteiger partial charge in [0.25, 0.3) is 0 Å². The Kier molecular flexibility index (Phi) is 7.20. The van der Waals surface area contributed by atoms with Crippen molar-refractivity contribution in [2.24, 2.45) is 0 Å². The fraction of sp³-hybridized carbons (Fsp3) is 0.625. The molecule has 0 unspecified atom stereocenters. The van der Waals surface area contributed by atoms with Crippen molar-refractivity contribution in [1.29, 1.82) is 0 Å². The summed E-state index contributed by atoms with van der Waals surface area (Å²) in [5.74, 6) is -0.103. The summed E-state index contributed by atoms with van der Waals surface area (Å²) in [4.78, 5) is 2.24. The number of anilines is 2. The predicted molar refractivity (Wildman–Crippen MR) is 84.0 cm³/mol. The molecule has 4 heteroatoms. The fourth-order valence-electron chi connectivity index (χ4n) is 2.15. The van der Waals surface area contributed by atoms with Gasteiger partial charge in [-0.05, 0) is 19.8 Å². The number of halogens is 1. The zero-order chi connectivity index (χ0) is 15.0. The lowest BCUT2D eigenvalue weighted by Gasteiger charge is -2.26. The second-order valence-corrected chi connectivity index (χ2v) is 4.97. The Bertz CT molecular complexity index is 402. The van der Waals surface area contributed by atoms with Gasteiger partial charge >= 0.3 is 0 Å². The predicted octanol–water partition coefficient (Wildman–Crippen LogP) is 4.21. The quantitative estimate of drug-likeness (QED) is 0.689. The van der Waals surface area contributed by atoms with Crippen LogP contribution in [0.5, 0.6) is 5.75 Å². The van der Waals surface area contributed by atoms with Crippen molar-refractivity contribution in [3.8, 4) is 5.75 Å². The van der Waals surface area contributed by atoms with Gasteiger partial charge in [-0.25, -0.2) is 4.39 Å². The van der Waals surface area contributed by atoms with Gasteiger partial charge in [0.05, 0.1) is 18.0 Å². The summed E-state index contributed by atoms with van der Waals surface area (Å²) >= 11 is 0. The van der Waals surface area contributed by atoms with E-state index >= 15 is 0 Å². The second kappa shape index (κ2) is 8.67. The molecule has 2 N–H and O–H groups in total. The van der Waals surface area contributed by atoms with Gasteiger partial charge in [-0.15, -0.1) is 0 Å². The van der Waals surface area contributed by atoms with Gasteiger partial charge in [0.2, 0.25) is 0 Å². The smallest absolute Gasteiger partial charge is 0.167 e. The number of ether oxygens (including phenoxy) is 1. The molecule has 0 saturated heterocycles. The van der Waals surface area contributed by atoms with Crippen LogP contribution in [0.25, 0.3) is 0 Å². The van der Waals surface area contributed by atoms with Crippen LogP contribution in [0, 0.1) is 5.82 Å². The molecule has 114 valence electrons. The van der Waals surface area contributed by atoms with Crippen molar-refractivity contribution in [2.45, 2.75) is 46.5 Å². The van der Waals surface area contributed by atoms with E-state index in [0.29, 0.717) is 12.3 Å². The highest BCUT2D eigenvalue weighted by Gasteiger charge is 2.14. The maximum absolute atomic E-state index is 13.8. The van der Waals surface area contributed by atoms with Crippen LogP contribution in [-0.2, 0) is 0 Å². The summed E-state index contributed by atoms with van der Waals surface area (Å²) in [6, 6.07) is 3.10. The maximum Gasteiger partial charge on any atom is 0.167 e. The lowest BCUT2D eigenvalue weighted by Crippen LogP contribution is -2.26. The van der Waals surface area contributed by atoms with E-state index < -0.39 is 0 Å². The van der Waals surface area contributed by atoms with E-state index in [0.717, 1.165) is 44.5 Å². The van der Waals surface area contributed by atoms with Crippen molar-refractivity contribution >= 4 is 11.4 Å². The van der Waals surface area contributed by atoms with Crippen molar-refractivity contribution in [1.82, 2.24) is 0 Å². The van der Waals surface area contributed by atoms with Crippen LogP contribution in [0.2, 0.25) is 0 Å². The van der Waals surface area contributed by atoms with E-state index in [1.165, 1.54) is 6.07 Å². The largest absolute Gasteiger partial charge is 0.491 e. The van der Waals surface area contributed by atoms with Crippen LogP contribution < -0.4 is 15.4 Å². The molecule has 0 heterocycles. The lowest BCUT2D eigenvalue weighted by atomic mass is 10.2. The van der Waals surface area contributed by atoms with Crippen LogP contribution >= 0.6 is 0 Å². The molecule has 1 rings (SSSR count). The molecule has 0 saturated carbocycles. The number of hydrogen-bond donors (Lipinski definition) is 1. The molecule has 1 aromatic carbocycles. The molecule has 0 aliphatic rings. The Hall–Kier alpha value is -1.45. The molecule has 0 bridgehead atoms. The normalized spacial score (nSPS) is 10.6. The van der Waals surface area contributed by atoms with E-state index in [1.807, 2.05) is 6.92 Å². The summed E-state index contributed by atoms with van der Waals surface area (Å²) < 4.78 is 19.1. The summed E-state index contributed by atoms with van der Waals surface area (Å²) in [7, 11) is 0. The average Bonchev–Trinajstić information content (AvgIpc) is 2.43. The standard InChI is InChI=1S/C16H27FN2O/c1-4-7-9-19(10-8-5-2)15-12-16(20-6-3)13(17)11-14(15)18/h11-12H,4-10,18H2,1-3H3. The molecule has 0 aliphatic carbocycles. The van der Waals surface area contributed by atoms with Gasteiger partial charge in [-0.3, -0.25) is 0 Å². The van der Waals surface area contributed by atoms with Crippen molar-refractivity contribution in [2.75, 3.05) is 30.3 Å². The number of unbranched alkanes of at least 4 members (excludes halogenated alkanes) is 2. The topological polar surface area (TPSA) is 38.5 Å². The zero-order valence-corrected chi connectivity index (χ0v) is 12.9. The van der Waals surface area contributed by atoms with Gasteiger partial charge in [0, 0.05) is 25.2 Å². The van der Waals surface area contributed by atoms with Crippen LogP contribution in [0.3, 0.4) is 0 Å². The Labute approximate surface area is 121 Å². The number of benzene rings is 1. The van der Waals surface area contributed by atoms with Crippen molar-refractivity contribution < 1.29 is 9.13 Å². The van der Waals surface area contributed by atoms with Crippen molar-refractivity contribution in [3.05, 3.63) is 17.9 Å². The monoisotopic (exact) mass is 282 g/mol. The third-order valence-electron chi connectivity index (χ3n) is 3.28. The molecule has 20 heavy (non-hydrogen) atoms. The van der Waals surface area contributed by atoms with Crippen molar-refractivity contribution in [3.63, 3.8) is 0 Å². The first-order valence-corrected chi connectivity index (χ1v) is 7.60. The molecule has 0 spiro atoms. The van der Waals surface area contributed by atoms with Crippen LogP contribution in [0.15, 0.2) is 12.1 Å². The number of nitrogens with two attached hydrogens (primary N) is 1. The van der Waals surface area contributed by atoms with Crippen LogP contribution in [0.4, 0.5) is 15.8 Å². The Morgan fingerprint density at radius 1 is 1.10 bits per heavy atom. The summed E-state index contributed by atoms with van der Waals surface area (Å²) in [6.45, 7) is 8.51. The molecular weight excluding hydrogens is 255 g/mol. The second-order valence-electron chi connectivity index (χ2n) is 4.97. The minimum atomic E-state index is -0.390. The average molecular weight is 282 g/mol. The van der Waals surface area contributed by atoms with E-state index in [4.69, 9.17) is 10.5 Å². The minimum absolute atomic E-state index is 0.287. The van der Waals surface area contributed by atoms with Gasteiger partial charge in [-0.1, -0.05) is 26.7 Å². The highest BCUT2D eigenvalue weighted by atomic mass is 19.1. The van der Waals surface area contributed by atoms with Gasteiger partial charge in [-0.2, -0.15) is 0 Å². The molecule has 1 aromatic rings. The Balaban J connectivity index is 3.00. The fourth-order valence-corrected chi connectivity index (χ4v) is 2.15. The van der Waals surface area contributed by atoms with E-state index in [2.05, 4.69) is 18.7 Å². The first-order chi connectivity index (χ1) is 9.63. The third-order valence-corrected chi connectivity index (χ3v) is 3.28. The lowest BCUT2D eigenvalue weighted by molar-refractivity contribution is 0.321. The molecular formula is C16H27FN2O. The van der Waals surface area contributed by atoms with E-state index in [9.17, 15) is 4.39 Å². The highest BCUT2D eigenvalue weighted by molar-refractivity contribution is 5.70. The van der Waals surface area contributed by atoms with Gasteiger partial charge in [0.1, 0.15) is 0 Å². The van der Waals surface area contributed by atoms with Crippen LogP contribution in [-0.4, -0.2) is 19.7 Å². The molecule has 0 aliphatic heterocycles. The molecule has 0 aromatic heterocycles. The number of rotatable bonds is 9. The Morgan fingerprint density at radius 2 is 1.70 bits per heavy atom. The number of hydrogen-bond acceptors (Lipinski definition) is 3. The van der Waals surface area contributed by atoms with Gasteiger partial charge in [0.15, 0.2) is 11.6 Å². The first kappa shape index (κ1) is 16.6. The van der Waals surface area contributed by atoms with E-state index in [1.54, 1.807) is 6.07 Å². The minimum Gasteiger partial charge on any atom is -0.491 e. The molecule has 0 amide bonds. The molecule has 0 radical (unpaired) electrons. The maximum atomic E-state index is 13.8. The SMILES string of the molecule is CCCCN(CCCC)c1cc(OCC)c(F)cc1N. The molecule has 0 fully saturated rings. The summed E-state index contributed by atoms with van der Waals surface area (Å²) in [5.41, 5.74) is 7.36. The number of nitrogen functional groups attached to an aromatic ring is 1.